The van der Waals surface area contributed by atoms with Gasteiger partial charge in [0.05, 0.1) is 15.7 Å². The summed E-state index contributed by atoms with van der Waals surface area (Å²) in [5.74, 6) is 1.08. The molecule has 0 aromatic heterocycles. The highest BCUT2D eigenvalue weighted by Gasteiger charge is 2.17. The van der Waals surface area contributed by atoms with Crippen molar-refractivity contribution in [3.8, 4) is 5.75 Å². The van der Waals surface area contributed by atoms with Crippen LogP contribution in [0, 0.1) is 0 Å². The molecule has 0 N–H and O–H groups in total. The Balaban J connectivity index is 0.000000117. The summed E-state index contributed by atoms with van der Waals surface area (Å²) < 4.78 is 16.2. The second-order valence-electron chi connectivity index (χ2n) is 3.91. The van der Waals surface area contributed by atoms with Crippen molar-refractivity contribution in [2.75, 3.05) is 11.0 Å². The lowest BCUT2D eigenvalue weighted by Crippen LogP contribution is -1.91. The summed E-state index contributed by atoms with van der Waals surface area (Å²) in [5, 5.41) is 1.19. The van der Waals surface area contributed by atoms with Crippen LogP contribution >= 0.6 is 23.5 Å². The SMILES string of the molecule is O=S1COc2ccccc21.c1ccc2c(c1)SCS2. The molecular formula is C14H12O2S3. The fourth-order valence-electron chi connectivity index (χ4n) is 1.78. The molecule has 2 aliphatic heterocycles. The summed E-state index contributed by atoms with van der Waals surface area (Å²) in [4.78, 5) is 3.72. The third kappa shape index (κ3) is 2.99. The zero-order valence-electron chi connectivity index (χ0n) is 10.1. The van der Waals surface area contributed by atoms with Gasteiger partial charge < -0.3 is 4.74 Å². The number of fused-ring (bicyclic) bond motifs is 2. The highest BCUT2D eigenvalue weighted by molar-refractivity contribution is 8.18. The predicted octanol–water partition coefficient (Wildman–Crippen LogP) is 3.99. The maximum absolute atomic E-state index is 11.1. The molecule has 0 saturated carbocycles. The first-order valence-corrected chi connectivity index (χ1v) is 9.08. The van der Waals surface area contributed by atoms with Crippen LogP contribution in [0.1, 0.15) is 0 Å². The summed E-state index contributed by atoms with van der Waals surface area (Å²) in [7, 11) is -0.920. The van der Waals surface area contributed by atoms with Crippen molar-refractivity contribution < 1.29 is 8.95 Å². The van der Waals surface area contributed by atoms with Gasteiger partial charge in [-0.3, -0.25) is 4.21 Å². The van der Waals surface area contributed by atoms with Gasteiger partial charge in [-0.25, -0.2) is 0 Å². The predicted molar refractivity (Wildman–Crippen MR) is 81.4 cm³/mol. The third-order valence-corrected chi connectivity index (χ3v) is 6.26. The quantitative estimate of drug-likeness (QED) is 0.735. The minimum atomic E-state index is -0.920. The number of hydrogen-bond acceptors (Lipinski definition) is 4. The highest BCUT2D eigenvalue weighted by atomic mass is 32.2. The van der Waals surface area contributed by atoms with Crippen LogP contribution in [0.4, 0.5) is 0 Å². The van der Waals surface area contributed by atoms with Crippen LogP contribution in [0.5, 0.6) is 5.75 Å². The zero-order valence-corrected chi connectivity index (χ0v) is 12.5. The number of para-hydroxylation sites is 1. The molecule has 2 nitrogen and oxygen atoms in total. The summed E-state index contributed by atoms with van der Waals surface area (Å²) in [6.45, 7) is 0. The molecule has 5 heteroatoms. The fourth-order valence-corrected chi connectivity index (χ4v) is 5.10. The standard InChI is InChI=1S/C7H6O2S.C7H6S2/c8-10-5-9-6-3-1-2-4-7(6)10;1-2-4-7-6(3-1)8-5-9-7/h1-4H,5H2;1-4H,5H2. The van der Waals surface area contributed by atoms with E-state index in [1.54, 1.807) is 0 Å². The highest BCUT2D eigenvalue weighted by Crippen LogP contribution is 2.40. The first kappa shape index (κ1) is 13.1. The van der Waals surface area contributed by atoms with Gasteiger partial charge in [-0.15, -0.1) is 23.5 Å². The first-order chi connectivity index (χ1) is 9.34. The van der Waals surface area contributed by atoms with E-state index < -0.39 is 10.8 Å². The third-order valence-electron chi connectivity index (χ3n) is 2.69. The van der Waals surface area contributed by atoms with E-state index in [0.29, 0.717) is 5.94 Å². The molecule has 2 aromatic rings. The van der Waals surface area contributed by atoms with Crippen LogP contribution in [0.15, 0.2) is 63.2 Å². The molecule has 2 heterocycles. The van der Waals surface area contributed by atoms with Gasteiger partial charge in [-0.1, -0.05) is 24.3 Å². The number of hydrogen-bond donors (Lipinski definition) is 0. The Morgan fingerprint density at radius 3 is 2.26 bits per heavy atom. The van der Waals surface area contributed by atoms with E-state index in [1.807, 2.05) is 47.8 Å². The second kappa shape index (κ2) is 6.03. The molecule has 1 atom stereocenters. The molecule has 0 amide bonds. The molecule has 0 radical (unpaired) electrons. The lowest BCUT2D eigenvalue weighted by atomic mass is 10.3. The van der Waals surface area contributed by atoms with E-state index in [9.17, 15) is 4.21 Å². The second-order valence-corrected chi connectivity index (χ2v) is 7.67. The van der Waals surface area contributed by atoms with Gasteiger partial charge >= 0.3 is 0 Å². The maximum atomic E-state index is 11.1. The zero-order chi connectivity index (χ0) is 13.1. The minimum absolute atomic E-state index is 0.319. The van der Waals surface area contributed by atoms with Crippen molar-refractivity contribution in [2.24, 2.45) is 0 Å². The van der Waals surface area contributed by atoms with E-state index in [0.717, 1.165) is 10.6 Å². The average Bonchev–Trinajstić information content (AvgIpc) is 3.07. The molecule has 4 rings (SSSR count). The lowest BCUT2D eigenvalue weighted by Gasteiger charge is -1.91. The molecule has 0 fully saturated rings. The van der Waals surface area contributed by atoms with Gasteiger partial charge in [0.2, 0.25) is 0 Å². The summed E-state index contributed by atoms with van der Waals surface area (Å²) in [6.07, 6.45) is 0. The van der Waals surface area contributed by atoms with Crippen LogP contribution in [-0.2, 0) is 10.8 Å². The van der Waals surface area contributed by atoms with Gasteiger partial charge in [0.1, 0.15) is 5.75 Å². The molecule has 19 heavy (non-hydrogen) atoms. The summed E-state index contributed by atoms with van der Waals surface area (Å²) >= 11 is 3.86. The Labute approximate surface area is 123 Å². The molecule has 0 saturated heterocycles. The Kier molecular flexibility index (Phi) is 4.15. The van der Waals surface area contributed by atoms with Crippen molar-refractivity contribution in [1.29, 1.82) is 0 Å². The summed E-state index contributed by atoms with van der Waals surface area (Å²) in [6, 6.07) is 16.0. The maximum Gasteiger partial charge on any atom is 0.167 e. The topological polar surface area (TPSA) is 26.3 Å². The number of ether oxygens (including phenoxy) is 1. The van der Waals surface area contributed by atoms with Gasteiger partial charge in [0.15, 0.2) is 5.94 Å². The van der Waals surface area contributed by atoms with Gasteiger partial charge in [-0.05, 0) is 24.3 Å². The normalized spacial score (nSPS) is 18.8. The van der Waals surface area contributed by atoms with E-state index in [-0.39, 0.29) is 0 Å². The molecule has 2 aromatic carbocycles. The monoisotopic (exact) mass is 308 g/mol. The molecule has 2 aliphatic rings. The Hall–Kier alpha value is -0.910. The smallest absolute Gasteiger partial charge is 0.167 e. The molecule has 0 spiro atoms. The molecule has 98 valence electrons. The Morgan fingerprint density at radius 1 is 0.947 bits per heavy atom. The number of benzene rings is 2. The summed E-state index contributed by atoms with van der Waals surface area (Å²) in [5.41, 5.74) is 0. The van der Waals surface area contributed by atoms with E-state index >= 15 is 0 Å². The van der Waals surface area contributed by atoms with Crippen LogP contribution in [0.25, 0.3) is 0 Å². The Morgan fingerprint density at radius 2 is 1.58 bits per heavy atom. The molecular weight excluding hydrogens is 296 g/mol. The van der Waals surface area contributed by atoms with Gasteiger partial charge in [-0.2, -0.15) is 0 Å². The largest absolute Gasteiger partial charge is 0.479 e. The van der Waals surface area contributed by atoms with Crippen LogP contribution in [-0.4, -0.2) is 15.2 Å². The van der Waals surface area contributed by atoms with E-state index in [2.05, 4.69) is 24.3 Å². The average molecular weight is 308 g/mol. The van der Waals surface area contributed by atoms with Gasteiger partial charge in [0, 0.05) is 14.9 Å². The molecule has 0 aliphatic carbocycles. The van der Waals surface area contributed by atoms with E-state index in [1.165, 1.54) is 14.9 Å². The van der Waals surface area contributed by atoms with Crippen LogP contribution < -0.4 is 4.74 Å². The van der Waals surface area contributed by atoms with Crippen molar-refractivity contribution >= 4 is 34.3 Å². The van der Waals surface area contributed by atoms with Crippen LogP contribution in [0.3, 0.4) is 0 Å². The van der Waals surface area contributed by atoms with E-state index in [4.69, 9.17) is 4.74 Å². The lowest BCUT2D eigenvalue weighted by molar-refractivity contribution is 0.394. The fraction of sp³-hybridized carbons (Fsp3) is 0.143. The molecule has 1 unspecified atom stereocenters. The number of thioether (sulfide) groups is 2. The number of rotatable bonds is 0. The minimum Gasteiger partial charge on any atom is -0.479 e. The van der Waals surface area contributed by atoms with Crippen molar-refractivity contribution in [2.45, 2.75) is 14.7 Å². The van der Waals surface area contributed by atoms with Crippen LogP contribution in [0.2, 0.25) is 0 Å². The van der Waals surface area contributed by atoms with Gasteiger partial charge in [0.25, 0.3) is 0 Å². The molecule has 0 bridgehead atoms. The first-order valence-electron chi connectivity index (χ1n) is 5.79. The van der Waals surface area contributed by atoms with Crippen molar-refractivity contribution in [3.05, 3.63) is 48.5 Å². The van der Waals surface area contributed by atoms with Crippen molar-refractivity contribution in [3.63, 3.8) is 0 Å². The Bertz CT molecular complexity index is 590. The van der Waals surface area contributed by atoms with Crippen molar-refractivity contribution in [1.82, 2.24) is 0 Å².